The topological polar surface area (TPSA) is 76.2 Å². The third-order valence-electron chi connectivity index (χ3n) is 4.51. The first-order chi connectivity index (χ1) is 13.0. The average Bonchev–Trinajstić information content (AvgIpc) is 3.19. The molecule has 146 valence electrons. The van der Waals surface area contributed by atoms with Gasteiger partial charge in [-0.05, 0) is 29.1 Å². The van der Waals surface area contributed by atoms with Gasteiger partial charge in [0.15, 0.2) is 0 Å². The molecule has 1 fully saturated rings. The number of thiophene rings is 1. The van der Waals surface area contributed by atoms with Gasteiger partial charge in [-0.2, -0.15) is 4.31 Å². The van der Waals surface area contributed by atoms with Gasteiger partial charge in [0.2, 0.25) is 10.0 Å². The summed E-state index contributed by atoms with van der Waals surface area (Å²) in [6.45, 7) is 2.78. The van der Waals surface area contributed by atoms with E-state index in [9.17, 15) is 13.2 Å². The zero-order valence-corrected chi connectivity index (χ0v) is 16.9. The van der Waals surface area contributed by atoms with Crippen LogP contribution in [0.1, 0.15) is 15.2 Å². The van der Waals surface area contributed by atoms with Crippen molar-refractivity contribution in [2.24, 2.45) is 0 Å². The van der Waals surface area contributed by atoms with E-state index in [0.717, 1.165) is 29.2 Å². The number of hydrogen-bond donors (Lipinski definition) is 0. The van der Waals surface area contributed by atoms with Crippen molar-refractivity contribution in [1.29, 1.82) is 0 Å². The smallest absolute Gasteiger partial charge is 0.349 e. The molecule has 0 saturated carbocycles. The van der Waals surface area contributed by atoms with Gasteiger partial charge in [-0.25, -0.2) is 13.2 Å². The van der Waals surface area contributed by atoms with Crippen LogP contribution in [0, 0.1) is 0 Å². The van der Waals surface area contributed by atoms with E-state index < -0.39 is 16.0 Å². The maximum Gasteiger partial charge on any atom is 0.349 e. The Balaban J connectivity index is 1.64. The second-order valence-electron chi connectivity index (χ2n) is 6.13. The summed E-state index contributed by atoms with van der Waals surface area (Å²) in [5.41, 5.74) is 1.15. The number of rotatable bonds is 6. The Morgan fingerprint density at radius 2 is 1.74 bits per heavy atom. The molecule has 0 amide bonds. The highest BCUT2D eigenvalue weighted by Gasteiger charge is 2.32. The molecule has 1 aliphatic heterocycles. The molecule has 1 aromatic heterocycles. The number of carbonyl (C=O) groups excluding carboxylic acids is 1. The Hall–Kier alpha value is -1.94. The van der Waals surface area contributed by atoms with Gasteiger partial charge < -0.3 is 9.47 Å². The van der Waals surface area contributed by atoms with Crippen molar-refractivity contribution >= 4 is 27.3 Å². The SMILES string of the molecule is COC(=O)c1sccc1S(=O)(=O)N1CCN(Cc2ccc(OC)cc2)CC1. The van der Waals surface area contributed by atoms with E-state index in [4.69, 9.17) is 4.74 Å². The molecule has 7 nitrogen and oxygen atoms in total. The van der Waals surface area contributed by atoms with Crippen LogP contribution in [0.25, 0.3) is 0 Å². The fraction of sp³-hybridized carbons (Fsp3) is 0.389. The number of hydrogen-bond acceptors (Lipinski definition) is 7. The highest BCUT2D eigenvalue weighted by atomic mass is 32.2. The largest absolute Gasteiger partial charge is 0.497 e. The van der Waals surface area contributed by atoms with E-state index in [1.165, 1.54) is 17.5 Å². The molecule has 0 unspecified atom stereocenters. The van der Waals surface area contributed by atoms with Gasteiger partial charge >= 0.3 is 5.97 Å². The van der Waals surface area contributed by atoms with Crippen LogP contribution in [0.15, 0.2) is 40.6 Å². The number of esters is 1. The van der Waals surface area contributed by atoms with Crippen LogP contribution in [0.2, 0.25) is 0 Å². The first-order valence-electron chi connectivity index (χ1n) is 8.47. The zero-order chi connectivity index (χ0) is 19.4. The normalized spacial score (nSPS) is 16.2. The first-order valence-corrected chi connectivity index (χ1v) is 10.8. The number of benzene rings is 1. The minimum atomic E-state index is -3.71. The van der Waals surface area contributed by atoms with Crippen molar-refractivity contribution < 1.29 is 22.7 Å². The van der Waals surface area contributed by atoms with Gasteiger partial charge in [0.05, 0.1) is 14.2 Å². The minimum Gasteiger partial charge on any atom is -0.497 e. The second kappa shape index (κ2) is 8.39. The lowest BCUT2D eigenvalue weighted by molar-refractivity contribution is 0.0602. The maximum atomic E-state index is 12.9. The number of piperazine rings is 1. The molecule has 27 heavy (non-hydrogen) atoms. The highest BCUT2D eigenvalue weighted by molar-refractivity contribution is 7.89. The van der Waals surface area contributed by atoms with E-state index in [1.54, 1.807) is 12.5 Å². The fourth-order valence-corrected chi connectivity index (χ4v) is 5.73. The van der Waals surface area contributed by atoms with Gasteiger partial charge in [0.1, 0.15) is 15.5 Å². The minimum absolute atomic E-state index is 0.0305. The van der Waals surface area contributed by atoms with Crippen molar-refractivity contribution in [1.82, 2.24) is 9.21 Å². The molecule has 0 atom stereocenters. The molecular weight excluding hydrogens is 388 g/mol. The summed E-state index contributed by atoms with van der Waals surface area (Å²) in [7, 11) is -0.831. The zero-order valence-electron chi connectivity index (χ0n) is 15.3. The first kappa shape index (κ1) is 19.8. The number of ether oxygens (including phenoxy) is 2. The lowest BCUT2D eigenvalue weighted by Gasteiger charge is -2.34. The summed E-state index contributed by atoms with van der Waals surface area (Å²) in [5, 5.41) is 1.60. The molecule has 0 spiro atoms. The Morgan fingerprint density at radius 1 is 1.07 bits per heavy atom. The Kier molecular flexibility index (Phi) is 6.15. The third-order valence-corrected chi connectivity index (χ3v) is 7.48. The maximum absolute atomic E-state index is 12.9. The van der Waals surface area contributed by atoms with Gasteiger partial charge in [-0.1, -0.05) is 12.1 Å². The van der Waals surface area contributed by atoms with Crippen molar-refractivity contribution in [3.05, 3.63) is 46.2 Å². The standard InChI is InChI=1S/C18H22N2O5S2/c1-24-15-5-3-14(4-6-15)13-19-8-10-20(11-9-19)27(22,23)16-7-12-26-17(16)18(21)25-2/h3-7,12H,8-11,13H2,1-2H3. The number of sulfonamides is 1. The van der Waals surface area contributed by atoms with Gasteiger partial charge in [0.25, 0.3) is 0 Å². The predicted molar refractivity (Wildman–Crippen MR) is 103 cm³/mol. The van der Waals surface area contributed by atoms with Gasteiger partial charge in [-0.15, -0.1) is 11.3 Å². The molecule has 1 aromatic carbocycles. The van der Waals surface area contributed by atoms with Crippen molar-refractivity contribution in [2.45, 2.75) is 11.4 Å². The molecule has 0 bridgehead atoms. The van der Waals surface area contributed by atoms with Crippen LogP contribution < -0.4 is 4.74 Å². The van der Waals surface area contributed by atoms with Crippen LogP contribution in [0.4, 0.5) is 0 Å². The monoisotopic (exact) mass is 410 g/mol. The van der Waals surface area contributed by atoms with E-state index >= 15 is 0 Å². The highest BCUT2D eigenvalue weighted by Crippen LogP contribution is 2.27. The molecule has 0 radical (unpaired) electrons. The third kappa shape index (κ3) is 4.32. The van der Waals surface area contributed by atoms with Gasteiger partial charge in [-0.3, -0.25) is 4.90 Å². The molecule has 2 aromatic rings. The number of nitrogens with zero attached hydrogens (tertiary/aromatic N) is 2. The van der Waals surface area contributed by atoms with Crippen LogP contribution in [0.5, 0.6) is 5.75 Å². The molecule has 9 heteroatoms. The lowest BCUT2D eigenvalue weighted by Crippen LogP contribution is -2.48. The molecule has 2 heterocycles. The molecule has 0 aliphatic carbocycles. The van der Waals surface area contributed by atoms with Crippen molar-refractivity contribution in [3.63, 3.8) is 0 Å². The van der Waals surface area contributed by atoms with Crippen LogP contribution in [0.3, 0.4) is 0 Å². The quantitative estimate of drug-likeness (QED) is 0.679. The van der Waals surface area contributed by atoms with Gasteiger partial charge in [0, 0.05) is 32.7 Å². The van der Waals surface area contributed by atoms with E-state index in [-0.39, 0.29) is 9.77 Å². The van der Waals surface area contributed by atoms with Crippen LogP contribution in [-0.4, -0.2) is 64.0 Å². The molecular formula is C18H22N2O5S2. The number of carbonyl (C=O) groups is 1. The summed E-state index contributed by atoms with van der Waals surface area (Å²) in [6.07, 6.45) is 0. The van der Waals surface area contributed by atoms with E-state index in [1.807, 2.05) is 24.3 Å². The van der Waals surface area contributed by atoms with Crippen LogP contribution >= 0.6 is 11.3 Å². The van der Waals surface area contributed by atoms with Crippen LogP contribution in [-0.2, 0) is 21.3 Å². The van der Waals surface area contributed by atoms with Crippen molar-refractivity contribution in [2.75, 3.05) is 40.4 Å². The lowest BCUT2D eigenvalue weighted by atomic mass is 10.2. The summed E-state index contributed by atoms with van der Waals surface area (Å²) in [5.74, 6) is 0.188. The second-order valence-corrected chi connectivity index (χ2v) is 8.96. The fourth-order valence-electron chi connectivity index (χ4n) is 3.00. The molecule has 1 saturated heterocycles. The Morgan fingerprint density at radius 3 is 2.33 bits per heavy atom. The van der Waals surface area contributed by atoms with E-state index in [2.05, 4.69) is 9.64 Å². The van der Waals surface area contributed by atoms with E-state index in [0.29, 0.717) is 26.2 Å². The predicted octanol–water partition coefficient (Wildman–Crippen LogP) is 2.05. The summed E-state index contributed by atoms with van der Waals surface area (Å²) < 4.78 is 37.1. The Labute approximate surface area is 163 Å². The Bertz CT molecular complexity index is 885. The summed E-state index contributed by atoms with van der Waals surface area (Å²) in [4.78, 5) is 14.2. The summed E-state index contributed by atoms with van der Waals surface area (Å²) in [6, 6.07) is 9.32. The van der Waals surface area contributed by atoms with Crippen molar-refractivity contribution in [3.8, 4) is 5.75 Å². The summed E-state index contributed by atoms with van der Waals surface area (Å²) >= 11 is 1.08. The molecule has 1 aliphatic rings. The molecule has 3 rings (SSSR count). The average molecular weight is 411 g/mol. The molecule has 0 N–H and O–H groups in total. The number of methoxy groups -OCH3 is 2.